The van der Waals surface area contributed by atoms with Gasteiger partial charge in [-0.25, -0.2) is 4.39 Å². The molecule has 0 spiro atoms. The van der Waals surface area contributed by atoms with Crippen molar-refractivity contribution in [3.63, 3.8) is 0 Å². The zero-order chi connectivity index (χ0) is 24.1. The number of halogens is 4. The van der Waals surface area contributed by atoms with E-state index >= 15 is 4.39 Å². The average Bonchev–Trinajstić information content (AvgIpc) is 2.82. The van der Waals surface area contributed by atoms with E-state index in [4.69, 9.17) is 0 Å². The molecule has 1 nitrogen and oxygen atoms in total. The Bertz CT molecular complexity index is 1370. The van der Waals surface area contributed by atoms with Crippen LogP contribution < -0.4 is 4.74 Å². The van der Waals surface area contributed by atoms with Gasteiger partial charge in [-0.15, -0.1) is 19.8 Å². The Hall–Kier alpha value is -4.04. The minimum Gasteiger partial charge on any atom is -0.406 e. The standard InChI is InChI=1S/C29H20F4O/c1-2-3-4-20-5-7-21(8-6-20)9-10-22-11-17-27-24(19-22)14-18-26(28(27)30)23-12-15-25(16-13-23)34-29(31,32)33/h2,5-8,11-19H,1,3-4H2. The second kappa shape index (κ2) is 9.84. The van der Waals surface area contributed by atoms with Crippen LogP contribution in [0.15, 0.2) is 91.5 Å². The smallest absolute Gasteiger partial charge is 0.406 e. The largest absolute Gasteiger partial charge is 0.573 e. The van der Waals surface area contributed by atoms with Gasteiger partial charge in [-0.3, -0.25) is 0 Å². The van der Waals surface area contributed by atoms with Crippen LogP contribution >= 0.6 is 0 Å². The van der Waals surface area contributed by atoms with Gasteiger partial charge in [-0.2, -0.15) is 0 Å². The topological polar surface area (TPSA) is 9.23 Å². The van der Waals surface area contributed by atoms with E-state index in [1.807, 2.05) is 36.4 Å². The van der Waals surface area contributed by atoms with Gasteiger partial charge < -0.3 is 4.74 Å². The number of fused-ring (bicyclic) bond motifs is 1. The fourth-order valence-electron chi connectivity index (χ4n) is 3.60. The van der Waals surface area contributed by atoms with E-state index in [-0.39, 0.29) is 5.75 Å². The van der Waals surface area contributed by atoms with Gasteiger partial charge in [0.25, 0.3) is 0 Å². The van der Waals surface area contributed by atoms with Crippen molar-refractivity contribution in [3.8, 4) is 28.7 Å². The Morgan fingerprint density at radius 3 is 2.18 bits per heavy atom. The van der Waals surface area contributed by atoms with Crippen LogP contribution in [0.2, 0.25) is 0 Å². The molecule has 0 fully saturated rings. The summed E-state index contributed by atoms with van der Waals surface area (Å²) in [5.41, 5.74) is 3.62. The fraction of sp³-hybridized carbons (Fsp3) is 0.103. The third-order valence-corrected chi connectivity index (χ3v) is 5.30. The molecule has 0 aromatic heterocycles. The quantitative estimate of drug-likeness (QED) is 0.166. The van der Waals surface area contributed by atoms with Crippen molar-refractivity contribution in [2.45, 2.75) is 19.2 Å². The molecular weight excluding hydrogens is 440 g/mol. The van der Waals surface area contributed by atoms with E-state index in [1.165, 1.54) is 17.7 Å². The monoisotopic (exact) mass is 460 g/mol. The molecule has 0 radical (unpaired) electrons. The van der Waals surface area contributed by atoms with E-state index in [1.54, 1.807) is 24.3 Å². The summed E-state index contributed by atoms with van der Waals surface area (Å²) in [6.07, 6.45) is -1.01. The summed E-state index contributed by atoms with van der Waals surface area (Å²) < 4.78 is 56.1. The van der Waals surface area contributed by atoms with Crippen molar-refractivity contribution < 1.29 is 22.3 Å². The van der Waals surface area contributed by atoms with Crippen LogP contribution in [-0.2, 0) is 6.42 Å². The van der Waals surface area contributed by atoms with Crippen molar-refractivity contribution in [3.05, 3.63) is 114 Å². The van der Waals surface area contributed by atoms with Crippen LogP contribution in [0.5, 0.6) is 5.75 Å². The lowest BCUT2D eigenvalue weighted by Gasteiger charge is -2.10. The Balaban J connectivity index is 1.55. The average molecular weight is 460 g/mol. The van der Waals surface area contributed by atoms with Crippen molar-refractivity contribution in [2.75, 3.05) is 0 Å². The molecule has 0 unspecified atom stereocenters. The van der Waals surface area contributed by atoms with Gasteiger partial charge >= 0.3 is 6.36 Å². The summed E-state index contributed by atoms with van der Waals surface area (Å²) in [5.74, 6) is 5.44. The molecule has 4 aromatic carbocycles. The zero-order valence-electron chi connectivity index (χ0n) is 18.1. The van der Waals surface area contributed by atoms with Gasteiger partial charge in [0.1, 0.15) is 11.6 Å². The van der Waals surface area contributed by atoms with Crippen molar-refractivity contribution in [1.29, 1.82) is 0 Å². The second-order valence-electron chi connectivity index (χ2n) is 7.71. The molecule has 0 saturated heterocycles. The lowest BCUT2D eigenvalue weighted by Crippen LogP contribution is -2.16. The molecule has 0 heterocycles. The van der Waals surface area contributed by atoms with Crippen LogP contribution in [0.3, 0.4) is 0 Å². The van der Waals surface area contributed by atoms with Crippen LogP contribution in [-0.4, -0.2) is 6.36 Å². The van der Waals surface area contributed by atoms with E-state index in [2.05, 4.69) is 23.2 Å². The normalized spacial score (nSPS) is 11.1. The van der Waals surface area contributed by atoms with Crippen LogP contribution in [0.4, 0.5) is 17.6 Å². The van der Waals surface area contributed by atoms with Crippen LogP contribution in [0.1, 0.15) is 23.1 Å². The summed E-state index contributed by atoms with van der Waals surface area (Å²) >= 11 is 0. The van der Waals surface area contributed by atoms with Gasteiger partial charge in [0.2, 0.25) is 0 Å². The van der Waals surface area contributed by atoms with Gasteiger partial charge in [0.05, 0.1) is 0 Å². The number of rotatable bonds is 5. The number of hydrogen-bond acceptors (Lipinski definition) is 1. The van der Waals surface area contributed by atoms with Gasteiger partial charge in [0.15, 0.2) is 0 Å². The maximum Gasteiger partial charge on any atom is 0.573 e. The molecule has 0 bridgehead atoms. The highest BCUT2D eigenvalue weighted by Crippen LogP contribution is 2.31. The first-order valence-electron chi connectivity index (χ1n) is 10.6. The summed E-state index contributed by atoms with van der Waals surface area (Å²) in [5, 5.41) is 1.09. The first kappa shape index (κ1) is 23.1. The van der Waals surface area contributed by atoms with Gasteiger partial charge in [-0.05, 0) is 65.8 Å². The molecule has 0 aliphatic carbocycles. The van der Waals surface area contributed by atoms with Crippen molar-refractivity contribution >= 4 is 10.8 Å². The van der Waals surface area contributed by atoms with Crippen molar-refractivity contribution in [1.82, 2.24) is 0 Å². The molecule has 170 valence electrons. The van der Waals surface area contributed by atoms with Gasteiger partial charge in [-0.1, -0.05) is 60.4 Å². The molecule has 0 N–H and O–H groups in total. The molecule has 0 aliphatic rings. The van der Waals surface area contributed by atoms with E-state index in [0.29, 0.717) is 21.9 Å². The maximum atomic E-state index is 15.2. The highest BCUT2D eigenvalue weighted by Gasteiger charge is 2.31. The third-order valence-electron chi connectivity index (χ3n) is 5.30. The molecule has 4 rings (SSSR count). The number of benzene rings is 4. The van der Waals surface area contributed by atoms with E-state index in [9.17, 15) is 13.2 Å². The summed E-state index contributed by atoms with van der Waals surface area (Å²) in [4.78, 5) is 0. The molecule has 0 saturated carbocycles. The van der Waals surface area contributed by atoms with Crippen molar-refractivity contribution in [2.24, 2.45) is 0 Å². The summed E-state index contributed by atoms with van der Waals surface area (Å²) in [7, 11) is 0. The third kappa shape index (κ3) is 5.65. The predicted molar refractivity (Wildman–Crippen MR) is 127 cm³/mol. The predicted octanol–water partition coefficient (Wildman–Crippen LogP) is 8.06. The number of aryl methyl sites for hydroxylation is 1. The Morgan fingerprint density at radius 1 is 0.824 bits per heavy atom. The first-order valence-corrected chi connectivity index (χ1v) is 10.6. The molecule has 0 amide bonds. The SMILES string of the molecule is C=CCCc1ccc(C#Cc2ccc3c(F)c(-c4ccc(OC(F)(F)F)cc4)ccc3c2)cc1. The van der Waals surface area contributed by atoms with E-state index < -0.39 is 12.2 Å². The summed E-state index contributed by atoms with van der Waals surface area (Å²) in [6.45, 7) is 3.73. The molecule has 34 heavy (non-hydrogen) atoms. The molecule has 4 aromatic rings. The first-order chi connectivity index (χ1) is 16.3. The molecule has 5 heteroatoms. The number of ether oxygens (including phenoxy) is 1. The van der Waals surface area contributed by atoms with Crippen LogP contribution in [0.25, 0.3) is 21.9 Å². The Kier molecular flexibility index (Phi) is 6.70. The number of hydrogen-bond donors (Lipinski definition) is 0. The van der Waals surface area contributed by atoms with Crippen LogP contribution in [0, 0.1) is 17.7 Å². The highest BCUT2D eigenvalue weighted by atomic mass is 19.4. The lowest BCUT2D eigenvalue weighted by molar-refractivity contribution is -0.274. The molecule has 0 atom stereocenters. The zero-order valence-corrected chi connectivity index (χ0v) is 18.1. The minimum atomic E-state index is -4.77. The fourth-order valence-corrected chi connectivity index (χ4v) is 3.60. The maximum absolute atomic E-state index is 15.2. The Labute approximate surface area is 195 Å². The number of allylic oxidation sites excluding steroid dienone is 1. The molecule has 0 aliphatic heterocycles. The van der Waals surface area contributed by atoms with Gasteiger partial charge in [0, 0.05) is 22.1 Å². The lowest BCUT2D eigenvalue weighted by atomic mass is 9.99. The van der Waals surface area contributed by atoms with E-state index in [0.717, 1.165) is 36.1 Å². The molecular formula is C29H20F4O. The summed E-state index contributed by atoms with van der Waals surface area (Å²) in [6, 6.07) is 21.8. The highest BCUT2D eigenvalue weighted by molar-refractivity contribution is 5.89. The Morgan fingerprint density at radius 2 is 1.50 bits per heavy atom. The number of alkyl halides is 3. The second-order valence-corrected chi connectivity index (χ2v) is 7.71. The minimum absolute atomic E-state index is 0.293.